The highest BCUT2D eigenvalue weighted by atomic mass is 16.2. The van der Waals surface area contributed by atoms with Crippen molar-refractivity contribution < 1.29 is 10.2 Å². The molecule has 0 aliphatic carbocycles. The molecule has 0 unspecified atom stereocenters. The Bertz CT molecular complexity index is 511. The van der Waals surface area contributed by atoms with Crippen LogP contribution in [0.25, 0.3) is 0 Å². The van der Waals surface area contributed by atoms with Gasteiger partial charge in [-0.05, 0) is 27.7 Å². The van der Waals surface area contributed by atoms with Crippen molar-refractivity contribution in [1.82, 2.24) is 0 Å². The van der Waals surface area contributed by atoms with E-state index in [2.05, 4.69) is 0 Å². The second kappa shape index (κ2) is 12.3. The first kappa shape index (κ1) is 19.5. The summed E-state index contributed by atoms with van der Waals surface area (Å²) in [5.74, 6) is 0. The summed E-state index contributed by atoms with van der Waals surface area (Å²) in [6, 6.07) is 0. The van der Waals surface area contributed by atoms with Crippen LogP contribution in [-0.4, -0.2) is 0 Å². The standard InChI is InChI=1S/C20H26O2/c1-17(11-7-13-19(3)15-21)9-5-6-10-18(2)12-8-14-20(4)16-22/h5-16,21-22H,1-4H3/p-2/b9-5+,10-6+,13-7+,14-8+,17-11+,18-12+,19-15-,20-16-. The van der Waals surface area contributed by atoms with Gasteiger partial charge in [0.15, 0.2) is 0 Å². The van der Waals surface area contributed by atoms with Crippen LogP contribution in [0.5, 0.6) is 0 Å². The van der Waals surface area contributed by atoms with Crippen molar-refractivity contribution in [3.63, 3.8) is 0 Å². The van der Waals surface area contributed by atoms with Crippen LogP contribution >= 0.6 is 0 Å². The number of hydrogen-bond acceptors (Lipinski definition) is 2. The Morgan fingerprint density at radius 2 is 0.818 bits per heavy atom. The molecular formula is C20H24O2-2. The summed E-state index contributed by atoms with van der Waals surface area (Å²) in [4.78, 5) is 0. The van der Waals surface area contributed by atoms with E-state index in [9.17, 15) is 10.2 Å². The van der Waals surface area contributed by atoms with Crippen molar-refractivity contribution in [2.75, 3.05) is 0 Å². The van der Waals surface area contributed by atoms with Gasteiger partial charge in [0.1, 0.15) is 0 Å². The van der Waals surface area contributed by atoms with Gasteiger partial charge in [-0.3, -0.25) is 0 Å². The molecule has 0 radical (unpaired) electrons. The van der Waals surface area contributed by atoms with E-state index in [0.29, 0.717) is 11.1 Å². The molecule has 0 amide bonds. The predicted molar refractivity (Wildman–Crippen MR) is 91.6 cm³/mol. The number of hydrogen-bond donors (Lipinski definition) is 0. The van der Waals surface area contributed by atoms with Gasteiger partial charge in [0.05, 0.1) is 0 Å². The van der Waals surface area contributed by atoms with Gasteiger partial charge in [0.2, 0.25) is 0 Å². The molecule has 0 aliphatic rings. The van der Waals surface area contributed by atoms with Crippen molar-refractivity contribution in [3.05, 3.63) is 95.6 Å². The van der Waals surface area contributed by atoms with E-state index in [-0.39, 0.29) is 0 Å². The van der Waals surface area contributed by atoms with Gasteiger partial charge in [0.25, 0.3) is 0 Å². The average Bonchev–Trinajstić information content (AvgIpc) is 2.51. The van der Waals surface area contributed by atoms with Crippen molar-refractivity contribution in [1.29, 1.82) is 0 Å². The lowest BCUT2D eigenvalue weighted by Crippen LogP contribution is -1.87. The molecule has 0 saturated carbocycles. The fourth-order valence-corrected chi connectivity index (χ4v) is 1.31. The fraction of sp³-hybridized carbons (Fsp3) is 0.200. The molecule has 0 N–H and O–H groups in total. The van der Waals surface area contributed by atoms with Crippen LogP contribution < -0.4 is 10.2 Å². The van der Waals surface area contributed by atoms with Gasteiger partial charge in [0, 0.05) is 0 Å². The minimum absolute atomic E-state index is 0.698. The second-order valence-electron chi connectivity index (χ2n) is 4.98. The Kier molecular flexibility index (Phi) is 10.9. The van der Waals surface area contributed by atoms with Crippen LogP contribution in [0.15, 0.2) is 95.6 Å². The molecule has 0 spiro atoms. The zero-order chi connectivity index (χ0) is 16.8. The normalized spacial score (nSPS) is 16.0. The summed E-state index contributed by atoms with van der Waals surface area (Å²) in [6.07, 6.45) is 20.7. The van der Waals surface area contributed by atoms with Gasteiger partial charge in [-0.15, -0.1) is 12.5 Å². The monoisotopic (exact) mass is 296 g/mol. The van der Waals surface area contributed by atoms with E-state index in [1.54, 1.807) is 26.0 Å². The van der Waals surface area contributed by atoms with E-state index in [4.69, 9.17) is 0 Å². The lowest BCUT2D eigenvalue weighted by atomic mass is 10.2. The molecule has 2 heteroatoms. The second-order valence-corrected chi connectivity index (χ2v) is 4.98. The van der Waals surface area contributed by atoms with Crippen LogP contribution in [0, 0.1) is 0 Å². The zero-order valence-electron chi connectivity index (χ0n) is 13.7. The summed E-state index contributed by atoms with van der Waals surface area (Å²) in [5.41, 5.74) is 3.59. The van der Waals surface area contributed by atoms with E-state index in [1.807, 2.05) is 62.5 Å². The molecular weight excluding hydrogens is 272 g/mol. The molecule has 2 nitrogen and oxygen atoms in total. The van der Waals surface area contributed by atoms with Gasteiger partial charge in [-0.25, -0.2) is 0 Å². The first-order valence-electron chi connectivity index (χ1n) is 7.11. The average molecular weight is 296 g/mol. The molecule has 118 valence electrons. The Morgan fingerprint density at radius 1 is 0.500 bits per heavy atom. The molecule has 0 aromatic carbocycles. The highest BCUT2D eigenvalue weighted by molar-refractivity contribution is 5.30. The zero-order valence-corrected chi connectivity index (χ0v) is 13.7. The van der Waals surface area contributed by atoms with E-state index in [1.165, 1.54) is 0 Å². The van der Waals surface area contributed by atoms with Gasteiger partial charge < -0.3 is 10.2 Å². The van der Waals surface area contributed by atoms with E-state index >= 15 is 0 Å². The molecule has 0 heterocycles. The maximum Gasteiger partial charge on any atom is -0.0398 e. The maximum absolute atomic E-state index is 10.4. The highest BCUT2D eigenvalue weighted by Crippen LogP contribution is 2.01. The largest absolute Gasteiger partial charge is 0.878 e. The summed E-state index contributed by atoms with van der Waals surface area (Å²) >= 11 is 0. The first-order valence-corrected chi connectivity index (χ1v) is 7.11. The Hall–Kier alpha value is -2.48. The summed E-state index contributed by atoms with van der Waals surface area (Å²) in [6.45, 7) is 7.52. The number of allylic oxidation sites excluding steroid dienone is 14. The molecule has 22 heavy (non-hydrogen) atoms. The Labute approximate surface area is 134 Å². The minimum atomic E-state index is 0.698. The SMILES string of the molecule is CC(=C/[O-])/C=C/C=C(C)/C=C/C=C/C(C)=C/C=C/C(C)=C\[O-]. The first-order chi connectivity index (χ1) is 10.5. The van der Waals surface area contributed by atoms with Gasteiger partial charge in [-0.2, -0.15) is 0 Å². The van der Waals surface area contributed by atoms with Gasteiger partial charge >= 0.3 is 0 Å². The lowest BCUT2D eigenvalue weighted by molar-refractivity contribution is -0.276. The molecule has 0 saturated heterocycles. The third-order valence-corrected chi connectivity index (χ3v) is 2.64. The summed E-state index contributed by atoms with van der Waals surface area (Å²) < 4.78 is 0. The van der Waals surface area contributed by atoms with E-state index < -0.39 is 0 Å². The van der Waals surface area contributed by atoms with Crippen molar-refractivity contribution >= 4 is 0 Å². The minimum Gasteiger partial charge on any atom is -0.878 e. The molecule has 0 aromatic heterocycles. The Balaban J connectivity index is 4.47. The molecule has 0 aliphatic heterocycles. The fourth-order valence-electron chi connectivity index (χ4n) is 1.31. The van der Waals surface area contributed by atoms with Crippen LogP contribution in [-0.2, 0) is 0 Å². The molecule has 0 bridgehead atoms. The predicted octanol–water partition coefficient (Wildman–Crippen LogP) is 3.63. The maximum atomic E-state index is 10.4. The lowest BCUT2D eigenvalue weighted by Gasteiger charge is -1.94. The topological polar surface area (TPSA) is 46.1 Å². The quantitative estimate of drug-likeness (QED) is 0.532. The molecule has 0 atom stereocenters. The van der Waals surface area contributed by atoms with Crippen LogP contribution in [0.3, 0.4) is 0 Å². The molecule has 0 rings (SSSR count). The molecule has 0 aromatic rings. The highest BCUT2D eigenvalue weighted by Gasteiger charge is 1.80. The number of rotatable bonds is 7. The van der Waals surface area contributed by atoms with Gasteiger partial charge in [-0.1, -0.05) is 83.1 Å². The smallest absolute Gasteiger partial charge is 0.0398 e. The third kappa shape index (κ3) is 11.4. The summed E-state index contributed by atoms with van der Waals surface area (Å²) in [5, 5.41) is 20.8. The van der Waals surface area contributed by atoms with E-state index in [0.717, 1.165) is 23.7 Å². The third-order valence-electron chi connectivity index (χ3n) is 2.64. The van der Waals surface area contributed by atoms with Crippen LogP contribution in [0.1, 0.15) is 27.7 Å². The van der Waals surface area contributed by atoms with Crippen LogP contribution in [0.2, 0.25) is 0 Å². The van der Waals surface area contributed by atoms with Crippen molar-refractivity contribution in [2.24, 2.45) is 0 Å². The van der Waals surface area contributed by atoms with Crippen molar-refractivity contribution in [3.8, 4) is 0 Å². The van der Waals surface area contributed by atoms with Crippen molar-refractivity contribution in [2.45, 2.75) is 27.7 Å². The Morgan fingerprint density at radius 3 is 1.14 bits per heavy atom. The molecule has 0 fully saturated rings. The van der Waals surface area contributed by atoms with Crippen LogP contribution in [0.4, 0.5) is 0 Å². The summed E-state index contributed by atoms with van der Waals surface area (Å²) in [7, 11) is 0.